The molecule has 0 aliphatic carbocycles. The fourth-order valence-electron chi connectivity index (χ4n) is 4.67. The van der Waals surface area contributed by atoms with E-state index in [1.54, 1.807) is 0 Å². The Labute approximate surface area is 237 Å². The Balaban J connectivity index is 0.000000312. The van der Waals surface area contributed by atoms with Crippen LogP contribution in [-0.2, 0) is 33.9 Å². The van der Waals surface area contributed by atoms with Gasteiger partial charge >= 0.3 is 90.3 Å². The molecule has 0 aliphatic heterocycles. The number of anilines is 1. The summed E-state index contributed by atoms with van der Waals surface area (Å²) < 4.78 is 7.66. The molecule has 1 N–H and O–H groups in total. The molecule has 37 heavy (non-hydrogen) atoms. The number of hydrogen-bond donors (Lipinski definition) is 1. The van der Waals surface area contributed by atoms with Gasteiger partial charge in [-0.15, -0.1) is 5.41 Å². The van der Waals surface area contributed by atoms with Crippen molar-refractivity contribution >= 4 is 20.0 Å². The Morgan fingerprint density at radius 3 is 2.00 bits per heavy atom. The van der Waals surface area contributed by atoms with Crippen molar-refractivity contribution in [1.82, 2.24) is 0 Å². The maximum atomic E-state index is 5.72. The van der Waals surface area contributed by atoms with Gasteiger partial charge in [0.25, 0.3) is 0 Å². The van der Waals surface area contributed by atoms with Crippen molar-refractivity contribution < 1.29 is 20.4 Å². The molecule has 203 valence electrons. The van der Waals surface area contributed by atoms with E-state index in [1.165, 1.54) is 22.4 Å². The van der Waals surface area contributed by atoms with E-state index in [0.29, 0.717) is 0 Å². The molecule has 0 saturated heterocycles. The van der Waals surface area contributed by atoms with Crippen molar-refractivity contribution in [2.75, 3.05) is 5.32 Å². The Kier molecular flexibility index (Phi) is 12.5. The Morgan fingerprint density at radius 1 is 0.892 bits per heavy atom. The Bertz CT molecular complexity index is 1100. The van der Waals surface area contributed by atoms with Gasteiger partial charge in [-0.2, -0.15) is 0 Å². The van der Waals surface area contributed by atoms with Crippen molar-refractivity contribution in [3.05, 3.63) is 102 Å². The molecule has 1 atom stereocenters. The first-order valence-electron chi connectivity index (χ1n) is 13.1. The first-order chi connectivity index (χ1) is 17.5. The predicted molar refractivity (Wildman–Crippen MR) is 160 cm³/mol. The summed E-state index contributed by atoms with van der Waals surface area (Å²) in [4.78, 5) is 0. The molecular formula is C33H44ClNORu-. The average Bonchev–Trinajstić information content (AvgIpc) is 2.85. The van der Waals surface area contributed by atoms with Crippen LogP contribution in [0.15, 0.2) is 72.8 Å². The van der Waals surface area contributed by atoms with Crippen LogP contribution in [-0.4, -0.2) is 16.3 Å². The summed E-state index contributed by atoms with van der Waals surface area (Å²) >= 11 is -0.191. The molecule has 3 aromatic carbocycles. The third-order valence-electron chi connectivity index (χ3n) is 6.20. The monoisotopic (exact) mass is 607 g/mol. The third-order valence-corrected chi connectivity index (χ3v) is 7.38. The summed E-state index contributed by atoms with van der Waals surface area (Å²) in [7, 11) is 5.72. The van der Waals surface area contributed by atoms with Gasteiger partial charge in [-0.05, 0) is 44.2 Å². The number of nitrogens with one attached hydrogen (secondary N) is 1. The van der Waals surface area contributed by atoms with Crippen molar-refractivity contribution in [2.24, 2.45) is 0 Å². The molecule has 0 amide bonds. The van der Waals surface area contributed by atoms with Gasteiger partial charge in [-0.1, -0.05) is 74.9 Å². The number of hydrogen-bond acceptors (Lipinski definition) is 2. The zero-order valence-electron chi connectivity index (χ0n) is 23.6. The van der Waals surface area contributed by atoms with E-state index in [4.69, 9.17) is 14.4 Å². The van der Waals surface area contributed by atoms with Crippen LogP contribution in [0.3, 0.4) is 0 Å². The van der Waals surface area contributed by atoms with Crippen molar-refractivity contribution in [1.29, 1.82) is 0 Å². The van der Waals surface area contributed by atoms with E-state index in [2.05, 4.69) is 95.4 Å². The van der Waals surface area contributed by atoms with Crippen LogP contribution in [0.1, 0.15) is 77.1 Å². The SMILES string of the molecule is CC(C)Oc1ccccc1[CH]=[Ru][Cl].[CH2-]C(C)(CC(C)(C)Nc1c(CC)cccc1CC)c1ccccc1. The van der Waals surface area contributed by atoms with Crippen LogP contribution < -0.4 is 10.1 Å². The summed E-state index contributed by atoms with van der Waals surface area (Å²) in [6, 6.07) is 25.2. The average molecular weight is 607 g/mol. The summed E-state index contributed by atoms with van der Waals surface area (Å²) in [5.74, 6) is 0.924. The second-order valence-electron chi connectivity index (χ2n) is 10.7. The molecule has 0 spiro atoms. The minimum Gasteiger partial charge on any atom is -0.380 e. The normalized spacial score (nSPS) is 13.4. The number of rotatable bonds is 10. The first-order valence-corrected chi connectivity index (χ1v) is 16.4. The smallest absolute Gasteiger partial charge is 0.0409 e. The standard InChI is InChI=1S/C23H32N.C10H12O.ClH.Ru/c1-7-18-13-12-14-19(8-2)21(18)24-23(5,6)17-22(3,4)20-15-10-9-11-16-20;1-8(2)11-10-7-5-4-6-9(10)3;;/h9-16,24H,3,7-8,17H2,1-2,4-6H3;3-8H,1-2H3;1H;/q-1;;;+1/p-1. The topological polar surface area (TPSA) is 21.3 Å². The zero-order chi connectivity index (χ0) is 27.5. The molecule has 0 aliphatic rings. The number of ether oxygens (including phenoxy) is 1. The third kappa shape index (κ3) is 10.0. The van der Waals surface area contributed by atoms with E-state index >= 15 is 0 Å². The Hall–Kier alpha value is -1.96. The summed E-state index contributed by atoms with van der Waals surface area (Å²) in [5.41, 5.74) is 6.34. The number of aryl methyl sites for hydroxylation is 2. The fourth-order valence-corrected chi connectivity index (χ4v) is 5.78. The molecule has 0 aromatic heterocycles. The quantitative estimate of drug-likeness (QED) is 0.184. The molecule has 0 heterocycles. The largest absolute Gasteiger partial charge is 0.380 e. The molecule has 0 fully saturated rings. The van der Waals surface area contributed by atoms with Gasteiger partial charge < -0.3 is 12.2 Å². The van der Waals surface area contributed by atoms with Crippen LogP contribution in [0.4, 0.5) is 5.69 Å². The second-order valence-corrected chi connectivity index (χ2v) is 12.4. The molecule has 0 saturated carbocycles. The summed E-state index contributed by atoms with van der Waals surface area (Å²) in [5, 5.41) is 3.84. The van der Waals surface area contributed by atoms with E-state index < -0.39 is 0 Å². The number of benzene rings is 3. The fraction of sp³-hybridized carbons (Fsp3) is 0.394. The van der Waals surface area contributed by atoms with Gasteiger partial charge in [0.1, 0.15) is 0 Å². The van der Waals surface area contributed by atoms with Gasteiger partial charge in [0.2, 0.25) is 0 Å². The van der Waals surface area contributed by atoms with Gasteiger partial charge in [-0.3, -0.25) is 0 Å². The molecule has 1 unspecified atom stereocenters. The first kappa shape index (κ1) is 31.3. The van der Waals surface area contributed by atoms with Crippen molar-refractivity contribution in [3.8, 4) is 5.75 Å². The van der Waals surface area contributed by atoms with Crippen molar-refractivity contribution in [3.63, 3.8) is 0 Å². The van der Waals surface area contributed by atoms with E-state index in [1.807, 2.05) is 42.7 Å². The molecule has 3 aromatic rings. The molecule has 0 radical (unpaired) electrons. The molecule has 3 rings (SSSR count). The second kappa shape index (κ2) is 14.8. The minimum absolute atomic E-state index is 0.0401. The number of para-hydroxylation sites is 2. The zero-order valence-corrected chi connectivity index (χ0v) is 26.0. The van der Waals surface area contributed by atoms with Crippen LogP contribution in [0, 0.1) is 6.92 Å². The van der Waals surface area contributed by atoms with Gasteiger partial charge in [0, 0.05) is 11.2 Å². The Morgan fingerprint density at radius 2 is 1.46 bits per heavy atom. The molecule has 0 bridgehead atoms. The van der Waals surface area contributed by atoms with Crippen molar-refractivity contribution in [2.45, 2.75) is 84.8 Å². The maximum Gasteiger partial charge on any atom is 0.0409 e. The molecule has 2 nitrogen and oxygen atoms in total. The molecular weight excluding hydrogens is 563 g/mol. The summed E-state index contributed by atoms with van der Waals surface area (Å²) in [6.07, 6.45) is 3.27. The molecule has 4 heteroatoms. The summed E-state index contributed by atoms with van der Waals surface area (Å²) in [6.45, 7) is 19.8. The minimum atomic E-state index is -0.191. The van der Waals surface area contributed by atoms with Crippen LogP contribution >= 0.6 is 9.69 Å². The van der Waals surface area contributed by atoms with Gasteiger partial charge in [0.05, 0.1) is 0 Å². The van der Waals surface area contributed by atoms with Crippen LogP contribution in [0.5, 0.6) is 5.75 Å². The van der Waals surface area contributed by atoms with Gasteiger partial charge in [0.15, 0.2) is 0 Å². The predicted octanol–water partition coefficient (Wildman–Crippen LogP) is 9.04. The van der Waals surface area contributed by atoms with E-state index in [-0.39, 0.29) is 32.7 Å². The van der Waals surface area contributed by atoms with Crippen LogP contribution in [0.25, 0.3) is 0 Å². The number of halogens is 1. The van der Waals surface area contributed by atoms with E-state index in [0.717, 1.165) is 30.6 Å². The van der Waals surface area contributed by atoms with E-state index in [9.17, 15) is 0 Å². The van der Waals surface area contributed by atoms with Gasteiger partial charge in [-0.25, -0.2) is 0 Å². The maximum absolute atomic E-state index is 5.72. The van der Waals surface area contributed by atoms with Crippen LogP contribution in [0.2, 0.25) is 0 Å².